The van der Waals surface area contributed by atoms with Crippen molar-refractivity contribution < 1.29 is 12.8 Å². The smallest absolute Gasteiger partial charge is 0.164 e. The van der Waals surface area contributed by atoms with Gasteiger partial charge in [-0.1, -0.05) is 15.9 Å². The van der Waals surface area contributed by atoms with Crippen LogP contribution in [0.1, 0.15) is 11.6 Å². The van der Waals surface area contributed by atoms with E-state index in [-0.39, 0.29) is 18.4 Å². The Kier molecular flexibility index (Phi) is 5.70. The summed E-state index contributed by atoms with van der Waals surface area (Å²) in [6.07, 6.45) is 1.24. The molecule has 0 amide bonds. The summed E-state index contributed by atoms with van der Waals surface area (Å²) in [7, 11) is -3.22. The number of hydrogen-bond donors (Lipinski definition) is 1. The molecule has 0 bridgehead atoms. The second kappa shape index (κ2) is 6.95. The van der Waals surface area contributed by atoms with Crippen molar-refractivity contribution >= 4 is 37.5 Å². The van der Waals surface area contributed by atoms with Crippen LogP contribution in [0.5, 0.6) is 0 Å². The molecule has 1 aliphatic rings. The first-order valence-electron chi connectivity index (χ1n) is 6.52. The van der Waals surface area contributed by atoms with Gasteiger partial charge in [0.2, 0.25) is 0 Å². The van der Waals surface area contributed by atoms with E-state index in [1.54, 1.807) is 17.8 Å². The molecular weight excluding hydrogens is 379 g/mol. The summed E-state index contributed by atoms with van der Waals surface area (Å²) >= 11 is 5.02. The molecule has 0 aromatic heterocycles. The minimum atomic E-state index is -3.22. The van der Waals surface area contributed by atoms with Gasteiger partial charge in [-0.25, -0.2) is 12.8 Å². The SMILES string of the molecule is CS(=O)(=O)C1CSCCN1C(CN)c1cc(F)ccc1Br. The van der Waals surface area contributed by atoms with Gasteiger partial charge in [-0.3, -0.25) is 4.90 Å². The molecule has 2 unspecified atom stereocenters. The Bertz CT molecular complexity index is 612. The molecule has 1 saturated heterocycles. The molecule has 21 heavy (non-hydrogen) atoms. The fourth-order valence-electron chi connectivity index (χ4n) is 2.53. The van der Waals surface area contributed by atoms with Crippen molar-refractivity contribution in [3.63, 3.8) is 0 Å². The van der Waals surface area contributed by atoms with Crippen molar-refractivity contribution in [1.82, 2.24) is 4.90 Å². The Hall–Kier alpha value is -0.150. The molecule has 0 spiro atoms. The number of halogens is 2. The van der Waals surface area contributed by atoms with E-state index in [4.69, 9.17) is 5.73 Å². The van der Waals surface area contributed by atoms with Gasteiger partial charge >= 0.3 is 0 Å². The highest BCUT2D eigenvalue weighted by Crippen LogP contribution is 2.33. The minimum Gasteiger partial charge on any atom is -0.329 e. The molecule has 0 saturated carbocycles. The maximum Gasteiger partial charge on any atom is 0.164 e. The molecule has 1 aromatic carbocycles. The van der Waals surface area contributed by atoms with Gasteiger partial charge in [0.05, 0.1) is 0 Å². The zero-order chi connectivity index (χ0) is 15.6. The molecule has 1 fully saturated rings. The highest BCUT2D eigenvalue weighted by molar-refractivity contribution is 9.10. The molecule has 118 valence electrons. The number of hydrogen-bond acceptors (Lipinski definition) is 5. The van der Waals surface area contributed by atoms with Crippen LogP contribution in [0.25, 0.3) is 0 Å². The normalized spacial score (nSPS) is 22.2. The molecule has 1 aliphatic heterocycles. The Morgan fingerprint density at radius 1 is 1.57 bits per heavy atom. The first kappa shape index (κ1) is 17.2. The predicted octanol–water partition coefficient (Wildman–Crippen LogP) is 2.01. The van der Waals surface area contributed by atoms with E-state index >= 15 is 0 Å². The van der Waals surface area contributed by atoms with Gasteiger partial charge in [-0.15, -0.1) is 0 Å². The number of sulfone groups is 1. The Morgan fingerprint density at radius 3 is 2.90 bits per heavy atom. The topological polar surface area (TPSA) is 63.4 Å². The Balaban J connectivity index is 2.41. The molecule has 8 heteroatoms. The quantitative estimate of drug-likeness (QED) is 0.842. The number of rotatable bonds is 4. The van der Waals surface area contributed by atoms with Gasteiger partial charge in [-0.2, -0.15) is 11.8 Å². The van der Waals surface area contributed by atoms with E-state index in [0.717, 1.165) is 10.2 Å². The van der Waals surface area contributed by atoms with Crippen molar-refractivity contribution in [2.24, 2.45) is 5.73 Å². The van der Waals surface area contributed by atoms with E-state index in [0.29, 0.717) is 17.9 Å². The molecule has 0 aliphatic carbocycles. The lowest BCUT2D eigenvalue weighted by atomic mass is 10.0. The first-order chi connectivity index (χ1) is 9.84. The summed E-state index contributed by atoms with van der Waals surface area (Å²) in [4.78, 5) is 1.88. The van der Waals surface area contributed by atoms with Crippen LogP contribution in [0, 0.1) is 5.82 Å². The number of nitrogens with zero attached hydrogens (tertiary/aromatic N) is 1. The average molecular weight is 397 g/mol. The van der Waals surface area contributed by atoms with Crippen LogP contribution in [-0.2, 0) is 9.84 Å². The highest BCUT2D eigenvalue weighted by Gasteiger charge is 2.36. The average Bonchev–Trinajstić information content (AvgIpc) is 2.43. The molecule has 1 heterocycles. The van der Waals surface area contributed by atoms with Crippen molar-refractivity contribution in [1.29, 1.82) is 0 Å². The molecule has 1 aromatic rings. The third kappa shape index (κ3) is 3.98. The largest absolute Gasteiger partial charge is 0.329 e. The van der Waals surface area contributed by atoms with Crippen LogP contribution < -0.4 is 5.73 Å². The fraction of sp³-hybridized carbons (Fsp3) is 0.538. The molecular formula is C13H18BrFN2O2S2. The molecule has 2 atom stereocenters. The fourth-order valence-corrected chi connectivity index (χ4v) is 5.96. The first-order valence-corrected chi connectivity index (χ1v) is 10.4. The highest BCUT2D eigenvalue weighted by atomic mass is 79.9. The lowest BCUT2D eigenvalue weighted by molar-refractivity contribution is 0.197. The maximum absolute atomic E-state index is 13.5. The zero-order valence-electron chi connectivity index (χ0n) is 11.6. The van der Waals surface area contributed by atoms with Crippen molar-refractivity contribution in [3.8, 4) is 0 Å². The third-order valence-corrected chi connectivity index (χ3v) is 6.94. The Morgan fingerprint density at radius 2 is 2.29 bits per heavy atom. The van der Waals surface area contributed by atoms with Crippen LogP contribution in [0.15, 0.2) is 22.7 Å². The standard InChI is InChI=1S/C13H18BrFN2O2S2/c1-21(18,19)13-8-20-5-4-17(13)12(7-16)10-6-9(15)2-3-11(10)14/h2-3,6,12-13H,4-5,7-8,16H2,1H3. The minimum absolute atomic E-state index is 0.235. The lowest BCUT2D eigenvalue weighted by Gasteiger charge is -2.39. The summed E-state index contributed by atoms with van der Waals surface area (Å²) in [6.45, 7) is 0.853. The molecule has 2 rings (SSSR count). The second-order valence-corrected chi connectivity index (χ2v) is 9.22. The van der Waals surface area contributed by atoms with Gasteiger partial charge < -0.3 is 5.73 Å². The number of thioether (sulfide) groups is 1. The van der Waals surface area contributed by atoms with Crippen molar-refractivity contribution in [2.75, 3.05) is 30.9 Å². The molecule has 2 N–H and O–H groups in total. The number of nitrogens with two attached hydrogens (primary N) is 1. The summed E-state index contributed by atoms with van der Waals surface area (Å²) in [6, 6.07) is 4.08. The van der Waals surface area contributed by atoms with Crippen LogP contribution in [-0.4, -0.2) is 49.5 Å². The van der Waals surface area contributed by atoms with Crippen molar-refractivity contribution in [2.45, 2.75) is 11.4 Å². The van der Waals surface area contributed by atoms with Gasteiger partial charge in [0.25, 0.3) is 0 Å². The van der Waals surface area contributed by atoms with Crippen LogP contribution in [0.3, 0.4) is 0 Å². The monoisotopic (exact) mass is 396 g/mol. The van der Waals surface area contributed by atoms with Crippen LogP contribution >= 0.6 is 27.7 Å². The van der Waals surface area contributed by atoms with E-state index in [1.165, 1.54) is 18.4 Å². The van der Waals surface area contributed by atoms with Gasteiger partial charge in [0.1, 0.15) is 11.2 Å². The maximum atomic E-state index is 13.5. The lowest BCUT2D eigenvalue weighted by Crippen LogP contribution is -2.50. The van der Waals surface area contributed by atoms with Gasteiger partial charge in [0, 0.05) is 41.4 Å². The zero-order valence-corrected chi connectivity index (χ0v) is 14.8. The summed E-state index contributed by atoms with van der Waals surface area (Å²) in [5.74, 6) is 1.01. The van der Waals surface area contributed by atoms with E-state index in [2.05, 4.69) is 15.9 Å². The molecule has 4 nitrogen and oxygen atoms in total. The Labute approximate surface area is 137 Å². The third-order valence-electron chi connectivity index (χ3n) is 3.56. The summed E-state index contributed by atoms with van der Waals surface area (Å²) < 4.78 is 38.3. The van der Waals surface area contributed by atoms with Gasteiger partial charge in [-0.05, 0) is 23.8 Å². The van der Waals surface area contributed by atoms with E-state index < -0.39 is 15.2 Å². The summed E-state index contributed by atoms with van der Waals surface area (Å²) in [5, 5.41) is -0.583. The predicted molar refractivity (Wildman–Crippen MR) is 88.6 cm³/mol. The van der Waals surface area contributed by atoms with Crippen LogP contribution in [0.4, 0.5) is 4.39 Å². The summed E-state index contributed by atoms with van der Waals surface area (Å²) in [5.41, 5.74) is 6.57. The van der Waals surface area contributed by atoms with E-state index in [1.807, 2.05) is 4.90 Å². The van der Waals surface area contributed by atoms with Gasteiger partial charge in [0.15, 0.2) is 9.84 Å². The molecule has 0 radical (unpaired) electrons. The van der Waals surface area contributed by atoms with E-state index in [9.17, 15) is 12.8 Å². The second-order valence-electron chi connectivity index (χ2n) is 5.01. The number of benzene rings is 1. The van der Waals surface area contributed by atoms with Crippen molar-refractivity contribution in [3.05, 3.63) is 34.1 Å². The van der Waals surface area contributed by atoms with Crippen LogP contribution in [0.2, 0.25) is 0 Å².